The van der Waals surface area contributed by atoms with Crippen LogP contribution in [0.25, 0.3) is 11.3 Å². The molecule has 1 aromatic heterocycles. The number of benzene rings is 1. The summed E-state index contributed by atoms with van der Waals surface area (Å²) < 4.78 is 5.11. The zero-order valence-electron chi connectivity index (χ0n) is 7.62. The quantitative estimate of drug-likeness (QED) is 0.824. The number of nitrogens with one attached hydrogen (secondary N) is 1. The van der Waals surface area contributed by atoms with Gasteiger partial charge in [-0.25, -0.2) is 0 Å². The van der Waals surface area contributed by atoms with Gasteiger partial charge in [-0.1, -0.05) is 23.7 Å². The minimum Gasteiger partial charge on any atom is -0.497 e. The van der Waals surface area contributed by atoms with Gasteiger partial charge in [-0.3, -0.25) is 5.10 Å². The highest BCUT2D eigenvalue weighted by atomic mass is 35.5. The van der Waals surface area contributed by atoms with Gasteiger partial charge in [0.1, 0.15) is 10.9 Å². The van der Waals surface area contributed by atoms with Gasteiger partial charge in [-0.15, -0.1) is 0 Å². The van der Waals surface area contributed by atoms with Gasteiger partial charge in [0.15, 0.2) is 0 Å². The van der Waals surface area contributed by atoms with E-state index in [1.807, 2.05) is 24.3 Å². The summed E-state index contributed by atoms with van der Waals surface area (Å²) in [5, 5.41) is 7.26. The lowest BCUT2D eigenvalue weighted by molar-refractivity contribution is 0.415. The van der Waals surface area contributed by atoms with Gasteiger partial charge in [0.2, 0.25) is 0 Å². The van der Waals surface area contributed by atoms with Gasteiger partial charge in [-0.2, -0.15) is 5.10 Å². The van der Waals surface area contributed by atoms with Crippen molar-refractivity contribution in [1.29, 1.82) is 0 Å². The van der Waals surface area contributed by atoms with Gasteiger partial charge >= 0.3 is 0 Å². The molecule has 0 saturated carbocycles. The molecule has 0 spiro atoms. The summed E-state index contributed by atoms with van der Waals surface area (Å²) >= 11 is 5.73. The molecule has 2 aromatic rings. The van der Waals surface area contributed by atoms with Crippen LogP contribution in [0.15, 0.2) is 30.3 Å². The van der Waals surface area contributed by atoms with Crippen LogP contribution >= 0.6 is 11.6 Å². The van der Waals surface area contributed by atoms with E-state index >= 15 is 0 Å². The van der Waals surface area contributed by atoms with E-state index < -0.39 is 0 Å². The monoisotopic (exact) mass is 208 g/mol. The van der Waals surface area contributed by atoms with Crippen molar-refractivity contribution in [3.63, 3.8) is 0 Å². The Morgan fingerprint density at radius 3 is 2.86 bits per heavy atom. The molecule has 1 heterocycles. The summed E-state index contributed by atoms with van der Waals surface area (Å²) in [6, 6.07) is 9.44. The van der Waals surface area contributed by atoms with Gasteiger partial charge in [-0.05, 0) is 12.1 Å². The van der Waals surface area contributed by atoms with Crippen molar-refractivity contribution in [2.24, 2.45) is 0 Å². The molecule has 0 atom stereocenters. The Morgan fingerprint density at radius 1 is 1.36 bits per heavy atom. The summed E-state index contributed by atoms with van der Waals surface area (Å²) in [7, 11) is 1.64. The lowest BCUT2D eigenvalue weighted by Gasteiger charge is -2.00. The van der Waals surface area contributed by atoms with Crippen molar-refractivity contribution < 1.29 is 4.74 Å². The van der Waals surface area contributed by atoms with Crippen LogP contribution in [0.2, 0.25) is 5.15 Å². The predicted molar refractivity (Wildman–Crippen MR) is 55.6 cm³/mol. The summed E-state index contributed by atoms with van der Waals surface area (Å²) in [6.07, 6.45) is 0. The van der Waals surface area contributed by atoms with Crippen LogP contribution in [-0.4, -0.2) is 17.3 Å². The van der Waals surface area contributed by atoms with E-state index in [1.165, 1.54) is 0 Å². The van der Waals surface area contributed by atoms with Gasteiger partial charge in [0.05, 0.1) is 12.8 Å². The SMILES string of the molecule is COc1cccc(-c2cc(Cl)[nH]n2)c1. The van der Waals surface area contributed by atoms with Crippen molar-refractivity contribution in [3.8, 4) is 17.0 Å². The van der Waals surface area contributed by atoms with Crippen LogP contribution in [0.4, 0.5) is 0 Å². The molecular formula is C10H9ClN2O. The zero-order chi connectivity index (χ0) is 9.97. The minimum atomic E-state index is 0.530. The number of aromatic amines is 1. The fourth-order valence-corrected chi connectivity index (χ4v) is 1.37. The van der Waals surface area contributed by atoms with Crippen LogP contribution in [0.3, 0.4) is 0 Å². The molecule has 0 unspecified atom stereocenters. The molecule has 0 bridgehead atoms. The number of methoxy groups -OCH3 is 1. The molecule has 0 saturated heterocycles. The number of aromatic nitrogens is 2. The maximum atomic E-state index is 5.73. The first kappa shape index (κ1) is 9.09. The molecule has 4 heteroatoms. The first-order valence-corrected chi connectivity index (χ1v) is 4.53. The van der Waals surface area contributed by atoms with Gasteiger partial charge in [0.25, 0.3) is 0 Å². The average molecular weight is 209 g/mol. The number of halogens is 1. The second kappa shape index (κ2) is 3.72. The van der Waals surface area contributed by atoms with E-state index in [0.717, 1.165) is 17.0 Å². The van der Waals surface area contributed by atoms with Crippen LogP contribution in [0.1, 0.15) is 0 Å². The number of H-pyrrole nitrogens is 1. The smallest absolute Gasteiger partial charge is 0.124 e. The first-order valence-electron chi connectivity index (χ1n) is 4.15. The first-order chi connectivity index (χ1) is 6.79. The number of rotatable bonds is 2. The Hall–Kier alpha value is -1.48. The largest absolute Gasteiger partial charge is 0.497 e. The van der Waals surface area contributed by atoms with E-state index in [4.69, 9.17) is 16.3 Å². The fourth-order valence-electron chi connectivity index (χ4n) is 1.23. The third-order valence-corrected chi connectivity index (χ3v) is 2.11. The van der Waals surface area contributed by atoms with Crippen molar-refractivity contribution in [2.75, 3.05) is 7.11 Å². The Morgan fingerprint density at radius 2 is 2.21 bits per heavy atom. The molecular weight excluding hydrogens is 200 g/mol. The molecule has 72 valence electrons. The van der Waals surface area contributed by atoms with Crippen LogP contribution < -0.4 is 4.74 Å². The minimum absolute atomic E-state index is 0.530. The Balaban J connectivity index is 2.41. The third kappa shape index (κ3) is 1.72. The van der Waals surface area contributed by atoms with E-state index in [0.29, 0.717) is 5.15 Å². The summed E-state index contributed by atoms with van der Waals surface area (Å²) in [6.45, 7) is 0. The van der Waals surface area contributed by atoms with Crippen LogP contribution in [-0.2, 0) is 0 Å². The molecule has 0 fully saturated rings. The van der Waals surface area contributed by atoms with Crippen LogP contribution in [0, 0.1) is 0 Å². The normalized spacial score (nSPS) is 10.1. The number of ether oxygens (including phenoxy) is 1. The molecule has 3 nitrogen and oxygen atoms in total. The summed E-state index contributed by atoms with van der Waals surface area (Å²) in [5.41, 5.74) is 1.79. The maximum Gasteiger partial charge on any atom is 0.124 e. The average Bonchev–Trinajstić information content (AvgIpc) is 2.65. The Bertz CT molecular complexity index is 439. The van der Waals surface area contributed by atoms with E-state index in [1.54, 1.807) is 13.2 Å². The topological polar surface area (TPSA) is 37.9 Å². The second-order valence-electron chi connectivity index (χ2n) is 2.83. The lowest BCUT2D eigenvalue weighted by atomic mass is 10.1. The molecule has 0 aliphatic heterocycles. The summed E-state index contributed by atoms with van der Waals surface area (Å²) in [5.74, 6) is 0.807. The highest BCUT2D eigenvalue weighted by Gasteiger charge is 2.02. The predicted octanol–water partition coefficient (Wildman–Crippen LogP) is 2.74. The van der Waals surface area contributed by atoms with E-state index in [2.05, 4.69) is 10.2 Å². The zero-order valence-corrected chi connectivity index (χ0v) is 8.38. The van der Waals surface area contributed by atoms with Crippen molar-refractivity contribution in [3.05, 3.63) is 35.5 Å². The maximum absolute atomic E-state index is 5.73. The van der Waals surface area contributed by atoms with E-state index in [9.17, 15) is 0 Å². The molecule has 1 N–H and O–H groups in total. The van der Waals surface area contributed by atoms with Gasteiger partial charge < -0.3 is 4.74 Å². The summed E-state index contributed by atoms with van der Waals surface area (Å²) in [4.78, 5) is 0. The molecule has 1 aromatic carbocycles. The van der Waals surface area contributed by atoms with Crippen molar-refractivity contribution in [2.45, 2.75) is 0 Å². The third-order valence-electron chi connectivity index (χ3n) is 1.91. The Labute approximate surface area is 86.7 Å². The molecule has 0 aliphatic carbocycles. The molecule has 0 aliphatic rings. The van der Waals surface area contributed by atoms with Crippen molar-refractivity contribution >= 4 is 11.6 Å². The number of hydrogen-bond donors (Lipinski definition) is 1. The highest BCUT2D eigenvalue weighted by Crippen LogP contribution is 2.23. The standard InChI is InChI=1S/C10H9ClN2O/c1-14-8-4-2-3-7(5-8)9-6-10(11)13-12-9/h2-6H,1H3,(H,12,13). The lowest BCUT2D eigenvalue weighted by Crippen LogP contribution is -1.83. The molecule has 0 amide bonds. The number of hydrogen-bond acceptors (Lipinski definition) is 2. The van der Waals surface area contributed by atoms with Crippen LogP contribution in [0.5, 0.6) is 5.75 Å². The second-order valence-corrected chi connectivity index (χ2v) is 3.24. The highest BCUT2D eigenvalue weighted by molar-refractivity contribution is 6.29. The fraction of sp³-hybridized carbons (Fsp3) is 0.100. The molecule has 14 heavy (non-hydrogen) atoms. The van der Waals surface area contributed by atoms with Crippen molar-refractivity contribution in [1.82, 2.24) is 10.2 Å². The molecule has 0 radical (unpaired) electrons. The number of nitrogens with zero attached hydrogens (tertiary/aromatic N) is 1. The van der Waals surface area contributed by atoms with Gasteiger partial charge in [0, 0.05) is 11.6 Å². The van der Waals surface area contributed by atoms with E-state index in [-0.39, 0.29) is 0 Å². The molecule has 2 rings (SSSR count). The Kier molecular flexibility index (Phi) is 2.41.